The van der Waals surface area contributed by atoms with Crippen molar-refractivity contribution in [2.24, 2.45) is 17.3 Å². The average molecular weight is 378 g/mol. The molecule has 0 bridgehead atoms. The van der Waals surface area contributed by atoms with E-state index >= 15 is 0 Å². The first-order valence-corrected chi connectivity index (χ1v) is 9.54. The smallest absolute Gasteiger partial charge is 0.329 e. The lowest BCUT2D eigenvalue weighted by atomic mass is 9.63. The van der Waals surface area contributed by atoms with E-state index in [2.05, 4.69) is 18.7 Å². The van der Waals surface area contributed by atoms with E-state index in [-0.39, 0.29) is 18.4 Å². The first-order valence-electron chi connectivity index (χ1n) is 9.16. The van der Waals surface area contributed by atoms with E-state index in [1.165, 1.54) is 0 Å². The van der Waals surface area contributed by atoms with Gasteiger partial charge in [0.05, 0.1) is 6.04 Å². The molecule has 0 unspecified atom stereocenters. The van der Waals surface area contributed by atoms with Gasteiger partial charge in [0.25, 0.3) is 5.79 Å². The maximum Gasteiger partial charge on any atom is 0.329 e. The molecular weight excluding hydrogens is 354 g/mol. The number of halogens is 1. The lowest BCUT2D eigenvalue weighted by Crippen LogP contribution is -2.69. The first-order chi connectivity index (χ1) is 12.1. The number of nitrogens with zero attached hydrogens (tertiary/aromatic N) is 1. The largest absolute Gasteiger partial charge is 0.422 e. The second kappa shape index (κ2) is 5.62. The molecular formula is C20H24ClNO4. The predicted molar refractivity (Wildman–Crippen MR) is 97.9 cm³/mol. The standard InChI is InChI=1S/C20H24ClNO4/c1-11-7-12(2)16-20(17(23)25-19(3,4)26-18(20)24)9-13-5-6-14(21)8-15(13)22(16)10-11/h5-6,8,11-12,16H,7,9-10H2,1-4H3/t11-,12+,16+/m0/s1. The Kier molecular flexibility index (Phi) is 3.82. The molecule has 3 heterocycles. The number of hydrogen-bond donors (Lipinski definition) is 0. The van der Waals surface area contributed by atoms with Crippen molar-refractivity contribution in [3.8, 4) is 0 Å². The third-order valence-electron chi connectivity index (χ3n) is 5.89. The Bertz CT molecular complexity index is 770. The molecule has 2 fully saturated rings. The van der Waals surface area contributed by atoms with E-state index < -0.39 is 23.1 Å². The maximum absolute atomic E-state index is 13.2. The van der Waals surface area contributed by atoms with Gasteiger partial charge in [-0.15, -0.1) is 0 Å². The molecule has 26 heavy (non-hydrogen) atoms. The fourth-order valence-corrected chi connectivity index (χ4v) is 5.24. The first kappa shape index (κ1) is 17.7. The molecule has 1 aromatic rings. The zero-order valence-electron chi connectivity index (χ0n) is 15.5. The van der Waals surface area contributed by atoms with Crippen LogP contribution < -0.4 is 4.90 Å². The second-order valence-corrected chi connectivity index (χ2v) is 8.95. The van der Waals surface area contributed by atoms with Gasteiger partial charge in [-0.2, -0.15) is 0 Å². The van der Waals surface area contributed by atoms with Crippen LogP contribution in [0.25, 0.3) is 0 Å². The summed E-state index contributed by atoms with van der Waals surface area (Å²) in [5.41, 5.74) is 0.619. The Morgan fingerprint density at radius 3 is 2.46 bits per heavy atom. The maximum atomic E-state index is 13.2. The van der Waals surface area contributed by atoms with Crippen LogP contribution in [0.3, 0.4) is 0 Å². The molecule has 0 aromatic heterocycles. The third kappa shape index (κ3) is 2.43. The second-order valence-electron chi connectivity index (χ2n) is 8.52. The van der Waals surface area contributed by atoms with Crippen molar-refractivity contribution < 1.29 is 19.1 Å². The number of hydrogen-bond acceptors (Lipinski definition) is 5. The van der Waals surface area contributed by atoms with E-state index in [0.29, 0.717) is 10.9 Å². The van der Waals surface area contributed by atoms with Crippen LogP contribution in [0.5, 0.6) is 0 Å². The van der Waals surface area contributed by atoms with Crippen LogP contribution in [0.15, 0.2) is 18.2 Å². The van der Waals surface area contributed by atoms with Crippen LogP contribution in [0.4, 0.5) is 5.69 Å². The van der Waals surface area contributed by atoms with E-state index in [1.54, 1.807) is 19.9 Å². The average Bonchev–Trinajstić information content (AvgIpc) is 2.51. The van der Waals surface area contributed by atoms with Crippen LogP contribution in [0.2, 0.25) is 5.02 Å². The van der Waals surface area contributed by atoms with Crippen LogP contribution in [-0.4, -0.2) is 30.3 Å². The van der Waals surface area contributed by atoms with Crippen molar-refractivity contribution in [1.82, 2.24) is 0 Å². The summed E-state index contributed by atoms with van der Waals surface area (Å²) < 4.78 is 11.1. The Labute approximate surface area is 158 Å². The number of cyclic esters (lactones) is 2. The van der Waals surface area contributed by atoms with Gasteiger partial charge >= 0.3 is 11.9 Å². The van der Waals surface area contributed by atoms with Gasteiger partial charge in [-0.1, -0.05) is 31.5 Å². The van der Waals surface area contributed by atoms with Crippen molar-refractivity contribution in [3.05, 3.63) is 28.8 Å². The Morgan fingerprint density at radius 1 is 1.15 bits per heavy atom. The summed E-state index contributed by atoms with van der Waals surface area (Å²) in [5.74, 6) is -1.58. The molecule has 2 saturated heterocycles. The molecule has 3 atom stereocenters. The van der Waals surface area contributed by atoms with Gasteiger partial charge in [0, 0.05) is 37.5 Å². The zero-order chi connectivity index (χ0) is 18.9. The quantitative estimate of drug-likeness (QED) is 0.511. The van der Waals surface area contributed by atoms with Gasteiger partial charge in [0.2, 0.25) is 0 Å². The van der Waals surface area contributed by atoms with Crippen molar-refractivity contribution >= 4 is 29.2 Å². The lowest BCUT2D eigenvalue weighted by Gasteiger charge is -2.56. The fourth-order valence-electron chi connectivity index (χ4n) is 5.07. The summed E-state index contributed by atoms with van der Waals surface area (Å²) in [4.78, 5) is 28.5. The summed E-state index contributed by atoms with van der Waals surface area (Å²) in [6, 6.07) is 5.35. The number of piperidine rings is 1. The molecule has 5 nitrogen and oxygen atoms in total. The number of rotatable bonds is 0. The number of carbonyl (C=O) groups is 2. The van der Waals surface area contributed by atoms with Gasteiger partial charge in [0.1, 0.15) is 0 Å². The van der Waals surface area contributed by atoms with Gasteiger partial charge in [-0.25, -0.2) is 0 Å². The fraction of sp³-hybridized carbons (Fsp3) is 0.600. The molecule has 3 aliphatic rings. The summed E-state index contributed by atoms with van der Waals surface area (Å²) in [6.07, 6.45) is 1.23. The van der Waals surface area contributed by atoms with Gasteiger partial charge in [0.15, 0.2) is 5.41 Å². The molecule has 0 saturated carbocycles. The summed E-state index contributed by atoms with van der Waals surface area (Å²) in [5, 5.41) is 0.652. The topological polar surface area (TPSA) is 55.8 Å². The number of carbonyl (C=O) groups excluding carboxylic acids is 2. The van der Waals surface area contributed by atoms with E-state index in [4.69, 9.17) is 21.1 Å². The van der Waals surface area contributed by atoms with Gasteiger partial charge in [-0.05, 0) is 36.0 Å². The minimum absolute atomic E-state index is 0.146. The predicted octanol–water partition coefficient (Wildman–Crippen LogP) is 3.57. The molecule has 1 aromatic carbocycles. The SMILES string of the molecule is C[C@H]1C[C@@H](C)[C@H]2N(C1)c1cc(Cl)ccc1CC21C(=O)OC(C)(C)OC1=O. The molecule has 0 radical (unpaired) electrons. The molecule has 6 heteroatoms. The molecule has 0 aliphatic carbocycles. The third-order valence-corrected chi connectivity index (χ3v) is 6.13. The normalized spacial score (nSPS) is 31.7. The van der Waals surface area contributed by atoms with E-state index in [0.717, 1.165) is 24.2 Å². The molecule has 1 spiro atoms. The number of benzene rings is 1. The van der Waals surface area contributed by atoms with Crippen molar-refractivity contribution in [3.63, 3.8) is 0 Å². The summed E-state index contributed by atoms with van der Waals surface area (Å²) in [7, 11) is 0. The summed E-state index contributed by atoms with van der Waals surface area (Å²) in [6.45, 7) is 8.25. The van der Waals surface area contributed by atoms with Crippen molar-refractivity contribution in [1.29, 1.82) is 0 Å². The molecule has 3 aliphatic heterocycles. The van der Waals surface area contributed by atoms with Crippen LogP contribution in [0, 0.1) is 17.3 Å². The van der Waals surface area contributed by atoms with Gasteiger partial charge in [-0.3, -0.25) is 9.59 Å². The minimum atomic E-state index is -1.32. The Morgan fingerprint density at radius 2 is 1.81 bits per heavy atom. The molecule has 140 valence electrons. The highest BCUT2D eigenvalue weighted by atomic mass is 35.5. The molecule has 4 rings (SSSR count). The van der Waals surface area contributed by atoms with Crippen molar-refractivity contribution in [2.45, 2.75) is 52.4 Å². The van der Waals surface area contributed by atoms with Crippen molar-refractivity contribution in [2.75, 3.05) is 11.4 Å². The highest BCUT2D eigenvalue weighted by molar-refractivity contribution is 6.30. The van der Waals surface area contributed by atoms with E-state index in [9.17, 15) is 9.59 Å². The minimum Gasteiger partial charge on any atom is -0.422 e. The number of ether oxygens (including phenoxy) is 2. The Balaban J connectivity index is 1.90. The van der Waals surface area contributed by atoms with Crippen LogP contribution in [-0.2, 0) is 25.5 Å². The monoisotopic (exact) mass is 377 g/mol. The highest BCUT2D eigenvalue weighted by Gasteiger charge is 2.65. The summed E-state index contributed by atoms with van der Waals surface area (Å²) >= 11 is 6.24. The highest BCUT2D eigenvalue weighted by Crippen LogP contribution is 2.52. The molecule has 0 amide bonds. The van der Waals surface area contributed by atoms with Crippen LogP contribution in [0.1, 0.15) is 39.7 Å². The molecule has 0 N–H and O–H groups in total. The lowest BCUT2D eigenvalue weighted by molar-refractivity contribution is -0.254. The Hall–Kier alpha value is -1.75. The number of fused-ring (bicyclic) bond motifs is 4. The van der Waals surface area contributed by atoms with E-state index in [1.807, 2.05) is 12.1 Å². The van der Waals surface area contributed by atoms with Crippen LogP contribution >= 0.6 is 11.6 Å². The number of esters is 2. The number of anilines is 1. The van der Waals surface area contributed by atoms with Gasteiger partial charge < -0.3 is 14.4 Å². The zero-order valence-corrected chi connectivity index (χ0v) is 16.3.